The van der Waals surface area contributed by atoms with Crippen molar-refractivity contribution in [2.75, 3.05) is 23.3 Å². The largest absolute Gasteiger partial charge is 0.479 e. The van der Waals surface area contributed by atoms with Crippen molar-refractivity contribution < 1.29 is 9.53 Å². The zero-order chi connectivity index (χ0) is 18.7. The number of carbonyl (C=O) groups is 1. The molecule has 138 valence electrons. The van der Waals surface area contributed by atoms with Gasteiger partial charge >= 0.3 is 0 Å². The van der Waals surface area contributed by atoms with E-state index in [4.69, 9.17) is 39.5 Å². The summed E-state index contributed by atoms with van der Waals surface area (Å²) in [6.07, 6.45) is 1.50. The van der Waals surface area contributed by atoms with E-state index in [0.29, 0.717) is 26.5 Å². The Hall–Kier alpha value is -1.62. The van der Waals surface area contributed by atoms with E-state index in [1.54, 1.807) is 25.1 Å². The molecule has 0 spiro atoms. The molecule has 1 aliphatic rings. The van der Waals surface area contributed by atoms with E-state index in [2.05, 4.69) is 10.2 Å². The van der Waals surface area contributed by atoms with Gasteiger partial charge in [-0.15, -0.1) is 0 Å². The molecule has 1 amide bonds. The molecule has 1 saturated heterocycles. The first-order valence-corrected chi connectivity index (χ1v) is 9.55. The van der Waals surface area contributed by atoms with Crippen LogP contribution in [0.2, 0.25) is 15.1 Å². The second-order valence-electron chi connectivity index (χ2n) is 6.15. The fourth-order valence-corrected chi connectivity index (χ4v) is 3.67. The van der Waals surface area contributed by atoms with Gasteiger partial charge in [0.25, 0.3) is 5.91 Å². The SMILES string of the molecule is CC(Oc1ccc(Cl)cc1Cl)C(=O)Nc1cccc(Cl)c1N1CCCC1. The Kier molecular flexibility index (Phi) is 6.17. The predicted molar refractivity (Wildman–Crippen MR) is 108 cm³/mol. The fourth-order valence-electron chi connectivity index (χ4n) is 2.93. The molecule has 2 aromatic rings. The predicted octanol–water partition coefficient (Wildman–Crippen LogP) is 5.65. The number of amides is 1. The lowest BCUT2D eigenvalue weighted by Gasteiger charge is -2.24. The van der Waals surface area contributed by atoms with E-state index in [1.165, 1.54) is 0 Å². The van der Waals surface area contributed by atoms with Crippen LogP contribution in [0.1, 0.15) is 19.8 Å². The van der Waals surface area contributed by atoms with Gasteiger partial charge in [0.2, 0.25) is 0 Å². The Balaban J connectivity index is 1.74. The van der Waals surface area contributed by atoms with Crippen LogP contribution in [0.4, 0.5) is 11.4 Å². The van der Waals surface area contributed by atoms with Gasteiger partial charge in [-0.05, 0) is 50.1 Å². The molecule has 2 aromatic carbocycles. The summed E-state index contributed by atoms with van der Waals surface area (Å²) in [5.74, 6) is 0.128. The number of rotatable bonds is 5. The van der Waals surface area contributed by atoms with Crippen LogP contribution in [0.25, 0.3) is 0 Å². The minimum atomic E-state index is -0.737. The van der Waals surface area contributed by atoms with Crippen LogP contribution in [0.15, 0.2) is 36.4 Å². The molecule has 1 N–H and O–H groups in total. The van der Waals surface area contributed by atoms with E-state index in [9.17, 15) is 4.79 Å². The number of hydrogen-bond donors (Lipinski definition) is 1. The highest BCUT2D eigenvalue weighted by atomic mass is 35.5. The third-order valence-electron chi connectivity index (χ3n) is 4.23. The molecule has 7 heteroatoms. The highest BCUT2D eigenvalue weighted by Crippen LogP contribution is 2.36. The maximum absolute atomic E-state index is 12.6. The van der Waals surface area contributed by atoms with Gasteiger partial charge in [-0.3, -0.25) is 4.79 Å². The molecular weight excluding hydrogens is 395 g/mol. The molecule has 1 fully saturated rings. The van der Waals surface area contributed by atoms with Crippen molar-refractivity contribution in [1.29, 1.82) is 0 Å². The lowest BCUT2D eigenvalue weighted by molar-refractivity contribution is -0.122. The van der Waals surface area contributed by atoms with Crippen molar-refractivity contribution in [2.45, 2.75) is 25.9 Å². The van der Waals surface area contributed by atoms with Gasteiger partial charge in [0, 0.05) is 18.1 Å². The average molecular weight is 414 g/mol. The molecule has 0 aromatic heterocycles. The smallest absolute Gasteiger partial charge is 0.265 e. The molecule has 26 heavy (non-hydrogen) atoms. The maximum Gasteiger partial charge on any atom is 0.265 e. The Morgan fingerprint density at radius 1 is 1.12 bits per heavy atom. The van der Waals surface area contributed by atoms with Crippen LogP contribution >= 0.6 is 34.8 Å². The zero-order valence-electron chi connectivity index (χ0n) is 14.3. The quantitative estimate of drug-likeness (QED) is 0.688. The van der Waals surface area contributed by atoms with Crippen molar-refractivity contribution in [3.63, 3.8) is 0 Å². The second-order valence-corrected chi connectivity index (χ2v) is 7.41. The highest BCUT2D eigenvalue weighted by molar-refractivity contribution is 6.35. The molecule has 1 aliphatic heterocycles. The topological polar surface area (TPSA) is 41.6 Å². The molecule has 0 radical (unpaired) electrons. The van der Waals surface area contributed by atoms with Gasteiger partial charge < -0.3 is 15.0 Å². The lowest BCUT2D eigenvalue weighted by atomic mass is 10.2. The number of ether oxygens (including phenoxy) is 1. The van der Waals surface area contributed by atoms with Gasteiger partial charge in [0.05, 0.1) is 21.4 Å². The summed E-state index contributed by atoms with van der Waals surface area (Å²) in [4.78, 5) is 14.8. The maximum atomic E-state index is 12.6. The Morgan fingerprint density at radius 3 is 2.54 bits per heavy atom. The second kappa shape index (κ2) is 8.38. The number of nitrogens with zero attached hydrogens (tertiary/aromatic N) is 1. The van der Waals surface area contributed by atoms with Crippen LogP contribution < -0.4 is 15.0 Å². The molecule has 3 rings (SSSR count). The van der Waals surface area contributed by atoms with Crippen LogP contribution in [0.3, 0.4) is 0 Å². The molecule has 0 bridgehead atoms. The summed E-state index contributed by atoms with van der Waals surface area (Å²) in [7, 11) is 0. The highest BCUT2D eigenvalue weighted by Gasteiger charge is 2.22. The number of halogens is 3. The third-order valence-corrected chi connectivity index (χ3v) is 5.07. The Bertz CT molecular complexity index is 807. The summed E-state index contributed by atoms with van der Waals surface area (Å²) < 4.78 is 5.68. The third kappa shape index (κ3) is 4.37. The number of para-hydroxylation sites is 1. The van der Waals surface area contributed by atoms with Crippen LogP contribution in [0.5, 0.6) is 5.75 Å². The number of carbonyl (C=O) groups excluding carboxylic acids is 1. The molecular formula is C19H19Cl3N2O2. The van der Waals surface area contributed by atoms with Gasteiger partial charge in [-0.25, -0.2) is 0 Å². The normalized spacial score (nSPS) is 15.0. The first-order chi connectivity index (χ1) is 12.5. The number of nitrogens with one attached hydrogen (secondary N) is 1. The molecule has 1 unspecified atom stereocenters. The van der Waals surface area contributed by atoms with Crippen LogP contribution in [0, 0.1) is 0 Å². The van der Waals surface area contributed by atoms with Crippen molar-refractivity contribution in [3.05, 3.63) is 51.5 Å². The first kappa shape index (κ1) is 19.2. The van der Waals surface area contributed by atoms with E-state index in [0.717, 1.165) is 31.6 Å². The van der Waals surface area contributed by atoms with E-state index >= 15 is 0 Å². The minimum Gasteiger partial charge on any atom is -0.479 e. The minimum absolute atomic E-state index is 0.279. The average Bonchev–Trinajstić information content (AvgIpc) is 3.11. The Morgan fingerprint density at radius 2 is 1.85 bits per heavy atom. The molecule has 4 nitrogen and oxygen atoms in total. The van der Waals surface area contributed by atoms with Crippen molar-refractivity contribution >= 4 is 52.1 Å². The van der Waals surface area contributed by atoms with Gasteiger partial charge in [-0.2, -0.15) is 0 Å². The van der Waals surface area contributed by atoms with Crippen LogP contribution in [-0.2, 0) is 4.79 Å². The van der Waals surface area contributed by atoms with E-state index < -0.39 is 6.10 Å². The standard InChI is InChI=1S/C19H19Cl3N2O2/c1-12(26-17-8-7-13(20)11-15(17)22)19(25)23-16-6-4-5-14(21)18(16)24-9-2-3-10-24/h4-8,11-12H,2-3,9-10H2,1H3,(H,23,25). The lowest BCUT2D eigenvalue weighted by Crippen LogP contribution is -2.31. The van der Waals surface area contributed by atoms with Crippen LogP contribution in [-0.4, -0.2) is 25.1 Å². The van der Waals surface area contributed by atoms with Crippen molar-refractivity contribution in [2.24, 2.45) is 0 Å². The summed E-state index contributed by atoms with van der Waals surface area (Å²) in [6.45, 7) is 3.53. The van der Waals surface area contributed by atoms with E-state index in [-0.39, 0.29) is 5.91 Å². The van der Waals surface area contributed by atoms with E-state index in [1.807, 2.05) is 18.2 Å². The number of anilines is 2. The molecule has 1 heterocycles. The van der Waals surface area contributed by atoms with Gasteiger partial charge in [0.1, 0.15) is 5.75 Å². The molecule has 1 atom stereocenters. The fraction of sp³-hybridized carbons (Fsp3) is 0.316. The first-order valence-electron chi connectivity index (χ1n) is 8.42. The summed E-state index contributed by atoms with van der Waals surface area (Å²) in [5.41, 5.74) is 1.54. The number of hydrogen-bond acceptors (Lipinski definition) is 3. The summed E-state index contributed by atoms with van der Waals surface area (Å²) >= 11 is 18.4. The van der Waals surface area contributed by atoms with Gasteiger partial charge in [-0.1, -0.05) is 40.9 Å². The summed E-state index contributed by atoms with van der Waals surface area (Å²) in [5, 5.41) is 4.41. The van der Waals surface area contributed by atoms with Crippen molar-refractivity contribution in [1.82, 2.24) is 0 Å². The molecule has 0 saturated carbocycles. The summed E-state index contributed by atoms with van der Waals surface area (Å²) in [6, 6.07) is 10.4. The van der Waals surface area contributed by atoms with Crippen molar-refractivity contribution in [3.8, 4) is 5.75 Å². The Labute approximate surface area is 168 Å². The zero-order valence-corrected chi connectivity index (χ0v) is 16.5. The molecule has 0 aliphatic carbocycles. The number of benzene rings is 2. The monoisotopic (exact) mass is 412 g/mol. The van der Waals surface area contributed by atoms with Gasteiger partial charge in [0.15, 0.2) is 6.10 Å².